The summed E-state index contributed by atoms with van der Waals surface area (Å²) in [4.78, 5) is 0. The van der Waals surface area contributed by atoms with Gasteiger partial charge < -0.3 is 4.74 Å². The summed E-state index contributed by atoms with van der Waals surface area (Å²) in [6.45, 7) is 5.00. The Morgan fingerprint density at radius 1 is 0.553 bits per heavy atom. The Kier molecular flexibility index (Phi) is 14.4. The molecule has 0 saturated carbocycles. The fourth-order valence-electron chi connectivity index (χ4n) is 4.68. The molecule has 277 valence electrons. The highest BCUT2D eigenvalue weighted by Crippen LogP contribution is 2.64. The average molecular weight is 740 g/mol. The standard InChI is InChI=1S/C28H36F17OSi/c1-4-5-6-7-8-9-10-11-12-13-16-46-19-15-14-18(17-20(19)47(2)3)21(29,30)22(31,32)23(33,34)24(35,36)25(37,38)26(39,40)27(41,42)28(43,44)45/h14-15,17,19-20H,4-13,16H2,1-3H3. The molecule has 0 bridgehead atoms. The van der Waals surface area contributed by atoms with Crippen LogP contribution >= 0.6 is 0 Å². The van der Waals surface area contributed by atoms with Crippen molar-refractivity contribution < 1.29 is 79.4 Å². The van der Waals surface area contributed by atoms with Crippen LogP contribution in [0.3, 0.4) is 0 Å². The zero-order chi connectivity index (χ0) is 36.9. The van der Waals surface area contributed by atoms with Crippen molar-refractivity contribution in [2.75, 3.05) is 6.61 Å². The van der Waals surface area contributed by atoms with Gasteiger partial charge in [0.1, 0.15) is 0 Å². The quantitative estimate of drug-likeness (QED) is 0.0686. The molecule has 1 aliphatic rings. The van der Waals surface area contributed by atoms with Gasteiger partial charge in [-0.2, -0.15) is 74.6 Å². The molecule has 47 heavy (non-hydrogen) atoms. The summed E-state index contributed by atoms with van der Waals surface area (Å²) in [5.41, 5.74) is -3.38. The molecule has 0 amide bonds. The number of ether oxygens (including phenoxy) is 1. The van der Waals surface area contributed by atoms with Crippen molar-refractivity contribution in [3.63, 3.8) is 0 Å². The van der Waals surface area contributed by atoms with E-state index in [0.29, 0.717) is 18.9 Å². The highest BCUT2D eigenvalue weighted by Gasteiger charge is 2.95. The number of hydrogen-bond donors (Lipinski definition) is 0. The predicted octanol–water partition coefficient (Wildman–Crippen LogP) is 11.9. The van der Waals surface area contributed by atoms with Gasteiger partial charge in [-0.25, -0.2) is 0 Å². The van der Waals surface area contributed by atoms with Crippen LogP contribution in [0.2, 0.25) is 18.6 Å². The van der Waals surface area contributed by atoms with Gasteiger partial charge in [0.15, 0.2) is 0 Å². The predicted molar refractivity (Wildman–Crippen MR) is 141 cm³/mol. The van der Waals surface area contributed by atoms with Crippen LogP contribution in [-0.2, 0) is 4.74 Å². The summed E-state index contributed by atoms with van der Waals surface area (Å²) >= 11 is 0. The minimum Gasteiger partial charge on any atom is -0.374 e. The molecule has 0 spiro atoms. The highest BCUT2D eigenvalue weighted by molar-refractivity contribution is 6.58. The largest absolute Gasteiger partial charge is 0.460 e. The molecule has 0 N–H and O–H groups in total. The third kappa shape index (κ3) is 8.44. The molecule has 2 unspecified atom stereocenters. The molecule has 0 aromatic heterocycles. The fourth-order valence-corrected chi connectivity index (χ4v) is 6.06. The van der Waals surface area contributed by atoms with Crippen molar-refractivity contribution in [1.29, 1.82) is 0 Å². The van der Waals surface area contributed by atoms with Gasteiger partial charge in [-0.3, -0.25) is 0 Å². The molecule has 0 aliphatic heterocycles. The van der Waals surface area contributed by atoms with E-state index in [1.807, 2.05) is 0 Å². The highest BCUT2D eigenvalue weighted by atomic mass is 28.3. The molecule has 0 saturated heterocycles. The zero-order valence-electron chi connectivity index (χ0n) is 25.5. The maximum absolute atomic E-state index is 14.9. The van der Waals surface area contributed by atoms with Crippen LogP contribution < -0.4 is 0 Å². The SMILES string of the molecule is CCCCCCCCCCCCOC1C=CC(C(F)(F)C(F)(F)C(F)(F)C(F)(F)C(F)(F)C(F)(F)C(F)(F)C(F)(F)F)=CC1[Si](C)C. The molecule has 1 nitrogen and oxygen atoms in total. The first kappa shape index (κ1) is 43.5. The van der Waals surface area contributed by atoms with Crippen LogP contribution in [0.4, 0.5) is 74.6 Å². The van der Waals surface area contributed by atoms with E-state index in [-0.39, 0.29) is 18.8 Å². The molecule has 0 fully saturated rings. The van der Waals surface area contributed by atoms with Gasteiger partial charge in [-0.05, 0) is 6.42 Å². The van der Waals surface area contributed by atoms with Crippen molar-refractivity contribution in [3.8, 4) is 0 Å². The second-order valence-electron chi connectivity index (χ2n) is 11.6. The monoisotopic (exact) mass is 739 g/mol. The second kappa shape index (κ2) is 15.6. The maximum atomic E-state index is 14.9. The van der Waals surface area contributed by atoms with E-state index in [0.717, 1.165) is 51.4 Å². The first-order valence-electron chi connectivity index (χ1n) is 14.6. The molecule has 1 radical (unpaired) electrons. The van der Waals surface area contributed by atoms with Crippen LogP contribution in [0.15, 0.2) is 23.8 Å². The molecule has 1 rings (SSSR count). The van der Waals surface area contributed by atoms with E-state index in [4.69, 9.17) is 4.74 Å². The molecule has 0 aromatic carbocycles. The zero-order valence-corrected chi connectivity index (χ0v) is 26.5. The summed E-state index contributed by atoms with van der Waals surface area (Å²) in [6, 6.07) is 0. The van der Waals surface area contributed by atoms with Gasteiger partial charge >= 0.3 is 47.6 Å². The summed E-state index contributed by atoms with van der Waals surface area (Å²) in [6.07, 6.45) is 1.72. The lowest BCUT2D eigenvalue weighted by Crippen LogP contribution is -2.74. The van der Waals surface area contributed by atoms with Crippen LogP contribution in [0, 0.1) is 0 Å². The van der Waals surface area contributed by atoms with Gasteiger partial charge in [0, 0.05) is 17.7 Å². The smallest absolute Gasteiger partial charge is 0.374 e. The van der Waals surface area contributed by atoms with Gasteiger partial charge in [-0.15, -0.1) is 0 Å². The number of allylic oxidation sites excluding steroid dienone is 2. The van der Waals surface area contributed by atoms with Gasteiger partial charge in [-0.1, -0.05) is 96.0 Å². The molecule has 19 heteroatoms. The van der Waals surface area contributed by atoms with Gasteiger partial charge in [0.05, 0.1) is 14.9 Å². The van der Waals surface area contributed by atoms with E-state index in [1.54, 1.807) is 0 Å². The van der Waals surface area contributed by atoms with E-state index >= 15 is 0 Å². The van der Waals surface area contributed by atoms with Crippen molar-refractivity contribution in [2.45, 2.75) is 144 Å². The van der Waals surface area contributed by atoms with Crippen LogP contribution in [0.1, 0.15) is 71.1 Å². The third-order valence-corrected chi connectivity index (χ3v) is 9.57. The maximum Gasteiger partial charge on any atom is 0.460 e. The second-order valence-corrected chi connectivity index (χ2v) is 14.4. The summed E-state index contributed by atoms with van der Waals surface area (Å²) in [7, 11) is -1.89. The van der Waals surface area contributed by atoms with Crippen LogP contribution in [0.25, 0.3) is 0 Å². The minimum atomic E-state index is -8.64. The Morgan fingerprint density at radius 2 is 0.936 bits per heavy atom. The summed E-state index contributed by atoms with van der Waals surface area (Å²) < 4.78 is 238. The van der Waals surface area contributed by atoms with E-state index in [9.17, 15) is 74.6 Å². The Balaban J connectivity index is 3.15. The molecular formula is C28H36F17OSi. The van der Waals surface area contributed by atoms with E-state index in [1.165, 1.54) is 13.1 Å². The Labute approximate surface area is 262 Å². The first-order chi connectivity index (χ1) is 21.1. The number of halogens is 17. The van der Waals surface area contributed by atoms with Crippen LogP contribution in [-0.4, -0.2) is 69.1 Å². The molecule has 0 heterocycles. The van der Waals surface area contributed by atoms with E-state index < -0.39 is 73.6 Å². The van der Waals surface area contributed by atoms with Crippen LogP contribution in [0.5, 0.6) is 0 Å². The Hall–Kier alpha value is -1.53. The fraction of sp³-hybridized carbons (Fsp3) is 0.857. The van der Waals surface area contributed by atoms with E-state index in [2.05, 4.69) is 6.92 Å². The minimum absolute atomic E-state index is 0.0389. The summed E-state index contributed by atoms with van der Waals surface area (Å²) in [5.74, 6) is -56.6. The van der Waals surface area contributed by atoms with Crippen molar-refractivity contribution in [2.24, 2.45) is 0 Å². The molecule has 2 atom stereocenters. The molecular weight excluding hydrogens is 703 g/mol. The van der Waals surface area contributed by atoms with Crippen molar-refractivity contribution in [3.05, 3.63) is 23.8 Å². The normalized spacial score (nSPS) is 19.5. The number of rotatable bonds is 20. The van der Waals surface area contributed by atoms with Gasteiger partial charge in [0.25, 0.3) is 0 Å². The van der Waals surface area contributed by atoms with Crippen molar-refractivity contribution in [1.82, 2.24) is 0 Å². The topological polar surface area (TPSA) is 9.23 Å². The lowest BCUT2D eigenvalue weighted by Gasteiger charge is -2.43. The van der Waals surface area contributed by atoms with Crippen molar-refractivity contribution >= 4 is 8.80 Å². The number of hydrogen-bond acceptors (Lipinski definition) is 1. The lowest BCUT2D eigenvalue weighted by atomic mass is 9.86. The molecule has 1 aliphatic carbocycles. The summed E-state index contributed by atoms with van der Waals surface area (Å²) in [5, 5.41) is 0. The van der Waals surface area contributed by atoms with Gasteiger partial charge in [0.2, 0.25) is 0 Å². The first-order valence-corrected chi connectivity index (χ1v) is 17.2. The Bertz CT molecular complexity index is 1050. The average Bonchev–Trinajstić information content (AvgIpc) is 2.94. The third-order valence-electron chi connectivity index (χ3n) is 7.74. The molecule has 0 aromatic rings. The number of unbranched alkanes of at least 4 members (excludes halogenated alkanes) is 9. The lowest BCUT2D eigenvalue weighted by molar-refractivity contribution is -0.460. The number of alkyl halides is 17. The Morgan fingerprint density at radius 3 is 1.34 bits per heavy atom.